The van der Waals surface area contributed by atoms with Gasteiger partial charge in [0, 0.05) is 24.4 Å². The van der Waals surface area contributed by atoms with Gasteiger partial charge in [-0.2, -0.15) is 0 Å². The summed E-state index contributed by atoms with van der Waals surface area (Å²) in [6.07, 6.45) is 0.0727. The van der Waals surface area contributed by atoms with E-state index in [2.05, 4.69) is 16.0 Å². The van der Waals surface area contributed by atoms with E-state index >= 15 is 0 Å². The van der Waals surface area contributed by atoms with E-state index in [0.29, 0.717) is 10.6 Å². The van der Waals surface area contributed by atoms with Gasteiger partial charge in [0.15, 0.2) is 0 Å². The molecule has 2 aromatic carbocycles. The van der Waals surface area contributed by atoms with Gasteiger partial charge in [-0.3, -0.25) is 14.4 Å². The molecule has 8 heteroatoms. The number of amides is 3. The van der Waals surface area contributed by atoms with Gasteiger partial charge in [-0.1, -0.05) is 35.9 Å². The Bertz CT molecular complexity index is 875. The minimum absolute atomic E-state index is 0.0727. The summed E-state index contributed by atoms with van der Waals surface area (Å²) in [5.41, 5.74) is 1.16. The highest BCUT2D eigenvalue weighted by Crippen LogP contribution is 2.36. The van der Waals surface area contributed by atoms with Gasteiger partial charge in [0.2, 0.25) is 11.8 Å². The molecule has 3 amide bonds. The maximum absolute atomic E-state index is 12.1. The number of rotatable bonds is 6. The number of carbonyl (C=O) groups excluding carboxylic acids is 3. The van der Waals surface area contributed by atoms with Crippen molar-refractivity contribution in [2.45, 2.75) is 16.6 Å². The number of fused-ring (bicyclic) bond motifs is 1. The molecule has 3 rings (SSSR count). The largest absolute Gasteiger partial charge is 0.354 e. The lowest BCUT2D eigenvalue weighted by atomic mass is 10.2. The molecule has 3 N–H and O–H groups in total. The molecule has 0 aliphatic carbocycles. The number of thioether (sulfide) groups is 1. The minimum atomic E-state index is -0.474. The third-order valence-electron chi connectivity index (χ3n) is 3.93. The van der Waals surface area contributed by atoms with Crippen molar-refractivity contribution in [3.05, 3.63) is 59.1 Å². The second-order valence-corrected chi connectivity index (χ2v) is 7.53. The van der Waals surface area contributed by atoms with Crippen molar-refractivity contribution in [1.29, 1.82) is 0 Å². The maximum Gasteiger partial charge on any atom is 0.252 e. The molecule has 1 heterocycles. The summed E-state index contributed by atoms with van der Waals surface area (Å²) in [5.74, 6) is -0.719. The first-order valence-corrected chi connectivity index (χ1v) is 9.66. The van der Waals surface area contributed by atoms with Crippen LogP contribution in [0.2, 0.25) is 5.02 Å². The van der Waals surface area contributed by atoms with E-state index in [-0.39, 0.29) is 37.2 Å². The smallest absolute Gasteiger partial charge is 0.252 e. The Labute approximate surface area is 166 Å². The first-order chi connectivity index (χ1) is 13.0. The van der Waals surface area contributed by atoms with Crippen LogP contribution < -0.4 is 16.0 Å². The first kappa shape index (κ1) is 19.3. The molecule has 0 aromatic heterocycles. The predicted molar refractivity (Wildman–Crippen MR) is 106 cm³/mol. The monoisotopic (exact) mass is 403 g/mol. The van der Waals surface area contributed by atoms with E-state index in [4.69, 9.17) is 11.6 Å². The Hall–Kier alpha value is -2.51. The molecule has 0 spiro atoms. The van der Waals surface area contributed by atoms with Crippen LogP contribution >= 0.6 is 23.4 Å². The van der Waals surface area contributed by atoms with E-state index in [1.165, 1.54) is 11.8 Å². The Balaban J connectivity index is 1.42. The number of nitrogens with one attached hydrogen (secondary N) is 3. The number of carbonyl (C=O) groups is 3. The molecule has 2 aromatic rings. The lowest BCUT2D eigenvalue weighted by molar-refractivity contribution is -0.124. The summed E-state index contributed by atoms with van der Waals surface area (Å²) < 4.78 is 0. The van der Waals surface area contributed by atoms with Gasteiger partial charge in [-0.15, -0.1) is 11.8 Å². The third-order valence-corrected chi connectivity index (χ3v) is 5.53. The van der Waals surface area contributed by atoms with E-state index in [9.17, 15) is 14.4 Å². The van der Waals surface area contributed by atoms with Crippen LogP contribution in [0.25, 0.3) is 0 Å². The molecule has 0 fully saturated rings. The second-order valence-electron chi connectivity index (χ2n) is 5.88. The van der Waals surface area contributed by atoms with Crippen molar-refractivity contribution in [3.8, 4) is 0 Å². The third kappa shape index (κ3) is 5.02. The molecule has 6 nitrogen and oxygen atoms in total. The Kier molecular flexibility index (Phi) is 6.36. The fourth-order valence-electron chi connectivity index (χ4n) is 2.59. The van der Waals surface area contributed by atoms with Gasteiger partial charge in [-0.05, 0) is 24.3 Å². The van der Waals surface area contributed by atoms with Crippen molar-refractivity contribution in [2.24, 2.45) is 0 Å². The minimum Gasteiger partial charge on any atom is -0.354 e. The summed E-state index contributed by atoms with van der Waals surface area (Å²) in [6, 6.07) is 14.2. The number of benzene rings is 2. The average Bonchev–Trinajstić information content (AvgIpc) is 2.66. The number of halogens is 1. The Morgan fingerprint density at radius 3 is 2.56 bits per heavy atom. The SMILES string of the molecule is O=C(CC1Sc2ccccc2NC1=O)NCCNC(=O)c1ccccc1Cl. The molecule has 1 unspecified atom stereocenters. The number of anilines is 1. The van der Waals surface area contributed by atoms with Crippen molar-refractivity contribution < 1.29 is 14.4 Å². The van der Waals surface area contributed by atoms with E-state index in [1.54, 1.807) is 24.3 Å². The molecule has 1 atom stereocenters. The molecule has 0 bridgehead atoms. The van der Waals surface area contributed by atoms with Crippen LogP contribution in [0.1, 0.15) is 16.8 Å². The molecule has 1 aliphatic rings. The zero-order chi connectivity index (χ0) is 19.2. The van der Waals surface area contributed by atoms with E-state index in [1.807, 2.05) is 24.3 Å². The Morgan fingerprint density at radius 2 is 1.74 bits per heavy atom. The summed E-state index contributed by atoms with van der Waals surface area (Å²) in [6.45, 7) is 0.535. The molecule has 0 saturated carbocycles. The molecule has 27 heavy (non-hydrogen) atoms. The van der Waals surface area contributed by atoms with Crippen molar-refractivity contribution >= 4 is 46.8 Å². The highest BCUT2D eigenvalue weighted by molar-refractivity contribution is 8.01. The number of hydrogen-bond acceptors (Lipinski definition) is 4. The van der Waals surface area contributed by atoms with E-state index < -0.39 is 5.25 Å². The summed E-state index contributed by atoms with van der Waals surface area (Å²) in [4.78, 5) is 37.2. The molecular weight excluding hydrogens is 386 g/mol. The van der Waals surface area contributed by atoms with Crippen LogP contribution in [0.4, 0.5) is 5.69 Å². The van der Waals surface area contributed by atoms with E-state index in [0.717, 1.165) is 10.6 Å². The van der Waals surface area contributed by atoms with Gasteiger partial charge in [0.25, 0.3) is 5.91 Å². The molecule has 0 radical (unpaired) electrons. The molecule has 1 aliphatic heterocycles. The van der Waals surface area contributed by atoms with Crippen molar-refractivity contribution in [3.63, 3.8) is 0 Å². The lowest BCUT2D eigenvalue weighted by Crippen LogP contribution is -2.38. The highest BCUT2D eigenvalue weighted by atomic mass is 35.5. The standard InChI is InChI=1S/C19H18ClN3O3S/c20-13-6-2-1-5-12(13)18(25)22-10-9-21-17(24)11-16-19(26)23-14-7-3-4-8-15(14)27-16/h1-8,16H,9-11H2,(H,21,24)(H,22,25)(H,23,26). The van der Waals surface area contributed by atoms with Crippen LogP contribution in [0, 0.1) is 0 Å². The van der Waals surface area contributed by atoms with Gasteiger partial charge >= 0.3 is 0 Å². The summed E-state index contributed by atoms with van der Waals surface area (Å²) in [5, 5.41) is 8.13. The second kappa shape index (κ2) is 8.92. The van der Waals surface area contributed by atoms with Crippen LogP contribution in [0.5, 0.6) is 0 Å². The zero-order valence-corrected chi connectivity index (χ0v) is 15.9. The van der Waals surface area contributed by atoms with Crippen molar-refractivity contribution in [2.75, 3.05) is 18.4 Å². The van der Waals surface area contributed by atoms with Gasteiger partial charge in [0.1, 0.15) is 0 Å². The fraction of sp³-hybridized carbons (Fsp3) is 0.211. The number of hydrogen-bond donors (Lipinski definition) is 3. The highest BCUT2D eigenvalue weighted by Gasteiger charge is 2.28. The lowest BCUT2D eigenvalue weighted by Gasteiger charge is -2.23. The topological polar surface area (TPSA) is 87.3 Å². The quantitative estimate of drug-likeness (QED) is 0.647. The van der Waals surface area contributed by atoms with Gasteiger partial charge in [0.05, 0.1) is 21.5 Å². The first-order valence-electron chi connectivity index (χ1n) is 8.40. The van der Waals surface area contributed by atoms with Crippen LogP contribution in [-0.2, 0) is 9.59 Å². The zero-order valence-electron chi connectivity index (χ0n) is 14.3. The van der Waals surface area contributed by atoms with Gasteiger partial charge < -0.3 is 16.0 Å². The molecule has 140 valence electrons. The predicted octanol–water partition coefficient (Wildman–Crippen LogP) is 2.69. The van der Waals surface area contributed by atoms with Crippen molar-refractivity contribution in [1.82, 2.24) is 10.6 Å². The van der Waals surface area contributed by atoms with Gasteiger partial charge in [-0.25, -0.2) is 0 Å². The Morgan fingerprint density at radius 1 is 1.04 bits per heavy atom. The normalized spacial score (nSPS) is 15.4. The molecular formula is C19H18ClN3O3S. The van der Waals surface area contributed by atoms with Crippen LogP contribution in [0.15, 0.2) is 53.4 Å². The maximum atomic E-state index is 12.1. The average molecular weight is 404 g/mol. The van der Waals surface area contributed by atoms with Crippen LogP contribution in [-0.4, -0.2) is 36.1 Å². The summed E-state index contributed by atoms with van der Waals surface area (Å²) in [7, 11) is 0. The van der Waals surface area contributed by atoms with Crippen LogP contribution in [0.3, 0.4) is 0 Å². The molecule has 0 saturated heterocycles. The fourth-order valence-corrected chi connectivity index (χ4v) is 3.92. The summed E-state index contributed by atoms with van der Waals surface area (Å²) >= 11 is 7.35. The number of para-hydroxylation sites is 1.